The quantitative estimate of drug-likeness (QED) is 0.127. The zero-order chi connectivity index (χ0) is 79.2. The highest BCUT2D eigenvalue weighted by Crippen LogP contribution is 2.36. The van der Waals surface area contributed by atoms with Crippen LogP contribution in [-0.2, 0) is 71.8 Å². The maximum absolute atomic E-state index is 15.7. The maximum atomic E-state index is 15.7. The lowest BCUT2D eigenvalue weighted by Gasteiger charge is -2.50. The van der Waals surface area contributed by atoms with E-state index in [4.69, 9.17) is 14.3 Å². The minimum absolute atomic E-state index is 0.00344. The number of carbonyl (C=O) groups is 13. The van der Waals surface area contributed by atoms with Crippen LogP contribution in [0.5, 0.6) is 0 Å². The first-order valence-corrected chi connectivity index (χ1v) is 37.6. The van der Waals surface area contributed by atoms with Gasteiger partial charge in [0.25, 0.3) is 5.91 Å². The molecular formula is C74H130N14O16. The predicted molar refractivity (Wildman–Crippen MR) is 392 cm³/mol. The summed E-state index contributed by atoms with van der Waals surface area (Å²) in [5.74, 6) is -11.0. The number of hydrogen-bond donors (Lipinski definition) is 4. The number of fused-ring (bicyclic) bond motifs is 4. The van der Waals surface area contributed by atoms with Gasteiger partial charge < -0.3 is 69.9 Å². The Morgan fingerprint density at radius 2 is 1.18 bits per heavy atom. The molecule has 0 aliphatic carbocycles. The van der Waals surface area contributed by atoms with Crippen LogP contribution in [-0.4, -0.2) is 307 Å². The Hall–Kier alpha value is -7.21. The summed E-state index contributed by atoms with van der Waals surface area (Å²) >= 11 is 0. The molecule has 1 unspecified atom stereocenters. The van der Waals surface area contributed by atoms with Gasteiger partial charge in [-0.3, -0.25) is 67.3 Å². The topological polar surface area (TPSA) is 330 Å². The average Bonchev–Trinajstić information content (AvgIpc) is 0.752. The first-order valence-electron chi connectivity index (χ1n) is 37.6. The monoisotopic (exact) mass is 1470 g/mol. The van der Waals surface area contributed by atoms with Crippen LogP contribution >= 0.6 is 0 Å². The third-order valence-electron chi connectivity index (χ3n) is 21.4. The van der Waals surface area contributed by atoms with Gasteiger partial charge >= 0.3 is 6.09 Å². The second-order valence-corrected chi connectivity index (χ2v) is 32.2. The van der Waals surface area contributed by atoms with E-state index < -0.39 is 185 Å². The number of likely N-dealkylation sites (N-methyl/N-ethyl adjacent to an activating group) is 7. The standard InChI is InChI=1S/C74H130N14O16/c1-27-51-67(95)80(20)49(15)65(93)85(25)60(74(17,18)40-79(19)70(98)55(43(6)7)78-73(101)102-26)63(91)77-56(44(8)9)71(99)81(21)52(37-41(2)3)61(89)75-48(14)64(92)87-47(13)39-54(83(23)68(96)53(38-42(4)5)82(22)66(94)50(87)16)69(97)84(24)57(45(10)11)72(100)88-58(62(90)76-51)59(104-88)46(12)31-29-28-30-32-86-33-35-103-36-34-86/h41-60H,27-40H2,1-26H3,(H,75,89)(H,76,90)(H,77,91)(H,78,101)/t46-,47?,48+,49-,50-,51+,52+,53+,54+,55-,56+,57+,58+,59-,60-/m1/s1. The molecule has 2 bridgehead atoms. The fourth-order valence-electron chi connectivity index (χ4n) is 15.0. The summed E-state index contributed by atoms with van der Waals surface area (Å²) in [6.07, 6.45) is 1.35. The smallest absolute Gasteiger partial charge is 0.407 e. The summed E-state index contributed by atoms with van der Waals surface area (Å²) in [5, 5.41) is 12.2. The molecule has 0 spiro atoms. The van der Waals surface area contributed by atoms with E-state index >= 15 is 47.9 Å². The van der Waals surface area contributed by atoms with Crippen molar-refractivity contribution in [1.29, 1.82) is 0 Å². The molecule has 4 rings (SSSR count). The fraction of sp³-hybridized carbons (Fsp3) is 0.824. The molecule has 0 saturated carbocycles. The van der Waals surface area contributed by atoms with Crippen molar-refractivity contribution in [2.75, 3.05) is 95.8 Å². The third kappa shape index (κ3) is 21.8. The van der Waals surface area contributed by atoms with Gasteiger partial charge in [0.05, 0.1) is 20.3 Å². The molecule has 4 heterocycles. The van der Waals surface area contributed by atoms with E-state index in [-0.39, 0.29) is 50.0 Å². The molecule has 30 nitrogen and oxygen atoms in total. The highest BCUT2D eigenvalue weighted by Gasteiger charge is 2.55. The Labute approximate surface area is 619 Å². The SMILES string of the molecule is CC[C@@H]1NC(=O)[C@@H]2[C@@H]([C@H](C)CCCCCN3CCOCC3)ON2C(=O)[C@H](C(C)C)N(C)C(=O)[C@@H]2CC(C)N(C(=O)[C@H](C)NC(=O)[C@H](CC(C)C)N(C)C(=O)[C@H](C(C)C)NC(=O)[C@H](C(C)(C)CN(C)C(=O)[C@H](NC(=O)OC)C(C)C)N(C)C(=O)[C@@H](C)N(C)C1=O)[C@H](C)C(=O)N(C)[C@@H](CC(C)C)C(=O)N2C. The van der Waals surface area contributed by atoms with Crippen molar-refractivity contribution in [2.45, 2.75) is 261 Å². The van der Waals surface area contributed by atoms with Gasteiger partial charge in [0.15, 0.2) is 6.04 Å². The highest BCUT2D eigenvalue weighted by molar-refractivity contribution is 6.01. The number of amides is 13. The number of hydrogen-bond acceptors (Lipinski definition) is 17. The number of nitrogens with one attached hydrogen (secondary N) is 4. The molecule has 4 fully saturated rings. The van der Waals surface area contributed by atoms with Crippen molar-refractivity contribution in [3.05, 3.63) is 0 Å². The van der Waals surface area contributed by atoms with Gasteiger partial charge in [0.2, 0.25) is 65.0 Å². The lowest BCUT2D eigenvalue weighted by Crippen LogP contribution is -2.72. The van der Waals surface area contributed by atoms with E-state index in [9.17, 15) is 14.4 Å². The molecule has 4 aliphatic rings. The minimum atomic E-state index is -1.54. The van der Waals surface area contributed by atoms with Crippen molar-refractivity contribution in [1.82, 2.24) is 70.4 Å². The molecule has 0 aromatic carbocycles. The highest BCUT2D eigenvalue weighted by atomic mass is 16.7. The molecule has 4 aliphatic heterocycles. The van der Waals surface area contributed by atoms with E-state index in [1.165, 1.54) is 99.5 Å². The van der Waals surface area contributed by atoms with E-state index in [0.717, 1.165) is 60.9 Å². The number of ether oxygens (including phenoxy) is 2. The van der Waals surface area contributed by atoms with Crippen LogP contribution < -0.4 is 21.3 Å². The Kier molecular flexibility index (Phi) is 33.3. The van der Waals surface area contributed by atoms with Crippen LogP contribution in [0.4, 0.5) is 4.79 Å². The molecule has 4 N–H and O–H groups in total. The Morgan fingerprint density at radius 3 is 1.72 bits per heavy atom. The number of rotatable bonds is 20. The van der Waals surface area contributed by atoms with E-state index in [1.54, 1.807) is 69.2 Å². The van der Waals surface area contributed by atoms with E-state index in [2.05, 4.69) is 26.2 Å². The molecule has 0 aromatic heterocycles. The maximum Gasteiger partial charge on any atom is 0.407 e. The van der Waals surface area contributed by atoms with Crippen LogP contribution in [0, 0.1) is 40.9 Å². The van der Waals surface area contributed by atoms with Crippen LogP contribution in [0.15, 0.2) is 0 Å². The van der Waals surface area contributed by atoms with Gasteiger partial charge in [-0.25, -0.2) is 9.86 Å². The van der Waals surface area contributed by atoms with Crippen molar-refractivity contribution >= 4 is 77.0 Å². The molecular weight excluding hydrogens is 1340 g/mol. The normalized spacial score (nSPS) is 28.2. The second kappa shape index (κ2) is 38.9. The third-order valence-corrected chi connectivity index (χ3v) is 21.4. The Morgan fingerprint density at radius 1 is 0.615 bits per heavy atom. The van der Waals surface area contributed by atoms with Crippen molar-refractivity contribution in [3.63, 3.8) is 0 Å². The molecule has 30 heteroatoms. The van der Waals surface area contributed by atoms with E-state index in [0.29, 0.717) is 19.6 Å². The van der Waals surface area contributed by atoms with Gasteiger partial charge in [0, 0.05) is 80.4 Å². The van der Waals surface area contributed by atoms with E-state index in [1.807, 2.05) is 34.6 Å². The number of unbranched alkanes of at least 4 members (excludes halogenated alkanes) is 2. The van der Waals surface area contributed by atoms with Gasteiger partial charge in [-0.1, -0.05) is 110 Å². The summed E-state index contributed by atoms with van der Waals surface area (Å²) < 4.78 is 10.4. The van der Waals surface area contributed by atoms with Gasteiger partial charge in [-0.05, 0) is 108 Å². The number of nitrogens with zero attached hydrogens (tertiary/aromatic N) is 10. The zero-order valence-electron chi connectivity index (χ0n) is 67.5. The predicted octanol–water partition coefficient (Wildman–Crippen LogP) is 3.18. The first kappa shape index (κ1) is 89.2. The Balaban J connectivity index is 2.01. The van der Waals surface area contributed by atoms with Gasteiger partial charge in [-0.2, -0.15) is 0 Å². The summed E-state index contributed by atoms with van der Waals surface area (Å²) in [6.45, 7) is 34.3. The molecule has 592 valence electrons. The number of alkyl carbamates (subject to hydrolysis) is 1. The average molecular weight is 1470 g/mol. The Bertz CT molecular complexity index is 3010. The van der Waals surface area contributed by atoms with Crippen molar-refractivity contribution < 1.29 is 76.6 Å². The molecule has 13 amide bonds. The van der Waals surface area contributed by atoms with Crippen LogP contribution in [0.3, 0.4) is 0 Å². The molecule has 0 aromatic rings. The second-order valence-electron chi connectivity index (χ2n) is 32.2. The number of morpholine rings is 1. The molecule has 4 saturated heterocycles. The fourth-order valence-corrected chi connectivity index (χ4v) is 15.0. The summed E-state index contributed by atoms with van der Waals surface area (Å²) in [7, 11) is 11.1. The van der Waals surface area contributed by atoms with Gasteiger partial charge in [0.1, 0.15) is 72.6 Å². The number of carbonyl (C=O) groups excluding carboxylic acids is 13. The van der Waals surface area contributed by atoms with Crippen LogP contribution in [0.1, 0.15) is 176 Å². The van der Waals surface area contributed by atoms with Crippen LogP contribution in [0.25, 0.3) is 0 Å². The van der Waals surface area contributed by atoms with Crippen molar-refractivity contribution in [3.8, 4) is 0 Å². The summed E-state index contributed by atoms with van der Waals surface area (Å²) in [6, 6.07) is -16.9. The summed E-state index contributed by atoms with van der Waals surface area (Å²) in [5.41, 5.74) is -1.42. The van der Waals surface area contributed by atoms with Crippen LogP contribution in [0.2, 0.25) is 0 Å². The largest absolute Gasteiger partial charge is 0.453 e. The molecule has 104 heavy (non-hydrogen) atoms. The number of hydroxylamine groups is 2. The zero-order valence-corrected chi connectivity index (χ0v) is 67.5. The molecule has 0 radical (unpaired) electrons. The van der Waals surface area contributed by atoms with Gasteiger partial charge in [-0.15, -0.1) is 0 Å². The molecule has 15 atom stereocenters. The van der Waals surface area contributed by atoms with Crippen molar-refractivity contribution in [2.24, 2.45) is 40.9 Å². The summed E-state index contributed by atoms with van der Waals surface area (Å²) in [4.78, 5) is 214. The lowest BCUT2D eigenvalue weighted by molar-refractivity contribution is -0.322. The number of methoxy groups -OCH3 is 1. The minimum Gasteiger partial charge on any atom is -0.453 e. The lowest BCUT2D eigenvalue weighted by atomic mass is 9.81. The first-order chi connectivity index (χ1) is 48.3.